The molecule has 1 rings (SSSR count). The predicted octanol–water partition coefficient (Wildman–Crippen LogP) is 1.91. The average Bonchev–Trinajstić information content (AvgIpc) is 2.35. The molecule has 0 aliphatic heterocycles. The summed E-state index contributed by atoms with van der Waals surface area (Å²) < 4.78 is 0. The Morgan fingerprint density at radius 1 is 1.47 bits per heavy atom. The number of hydrogen-bond donors (Lipinski definition) is 2. The highest BCUT2D eigenvalue weighted by molar-refractivity contribution is 5.66. The Bertz CT molecular complexity index is 423. The second-order valence-electron chi connectivity index (χ2n) is 4.50. The third kappa shape index (κ3) is 5.54. The van der Waals surface area contributed by atoms with Gasteiger partial charge < -0.3 is 15.3 Å². The van der Waals surface area contributed by atoms with Crippen LogP contribution in [0.25, 0.3) is 0 Å². The van der Waals surface area contributed by atoms with Crippen molar-refractivity contribution in [2.24, 2.45) is 0 Å². The summed E-state index contributed by atoms with van der Waals surface area (Å²) in [6.07, 6.45) is 1.81. The first-order chi connectivity index (χ1) is 9.02. The van der Waals surface area contributed by atoms with Gasteiger partial charge in [-0.2, -0.15) is 0 Å². The van der Waals surface area contributed by atoms with Gasteiger partial charge in [0.15, 0.2) is 0 Å². The van der Waals surface area contributed by atoms with Gasteiger partial charge >= 0.3 is 5.97 Å². The van der Waals surface area contributed by atoms with Gasteiger partial charge in [-0.15, -0.1) is 0 Å². The van der Waals surface area contributed by atoms with Gasteiger partial charge in [-0.05, 0) is 19.8 Å². The van der Waals surface area contributed by atoms with E-state index in [2.05, 4.69) is 22.2 Å². The van der Waals surface area contributed by atoms with Crippen LogP contribution in [0.5, 0.6) is 0 Å². The summed E-state index contributed by atoms with van der Waals surface area (Å²) in [7, 11) is 1.91. The molecule has 1 heterocycles. The Morgan fingerprint density at radius 2 is 2.21 bits per heavy atom. The van der Waals surface area contributed by atoms with Crippen molar-refractivity contribution in [2.75, 3.05) is 30.4 Å². The van der Waals surface area contributed by atoms with Gasteiger partial charge in [-0.25, -0.2) is 9.97 Å². The van der Waals surface area contributed by atoms with Crippen LogP contribution in [0, 0.1) is 6.92 Å². The molecule has 0 amide bonds. The van der Waals surface area contributed by atoms with Gasteiger partial charge in [0.2, 0.25) is 0 Å². The Balaban J connectivity index is 2.64. The summed E-state index contributed by atoms with van der Waals surface area (Å²) in [4.78, 5) is 21.1. The average molecular weight is 266 g/mol. The SMILES string of the molecule is CCCNc1cc(N(C)CCCC(=O)O)nc(C)n1. The van der Waals surface area contributed by atoms with Crippen LogP contribution in [0.4, 0.5) is 11.6 Å². The van der Waals surface area contributed by atoms with Crippen molar-refractivity contribution in [2.45, 2.75) is 33.1 Å². The Morgan fingerprint density at radius 3 is 2.84 bits per heavy atom. The molecule has 0 radical (unpaired) electrons. The van der Waals surface area contributed by atoms with E-state index in [-0.39, 0.29) is 6.42 Å². The molecule has 1 aromatic heterocycles. The molecular weight excluding hydrogens is 244 g/mol. The second kappa shape index (κ2) is 7.56. The molecule has 0 saturated carbocycles. The molecule has 2 N–H and O–H groups in total. The molecule has 0 fully saturated rings. The molecule has 0 unspecified atom stereocenters. The number of carbonyl (C=O) groups is 1. The van der Waals surface area contributed by atoms with Crippen molar-refractivity contribution in [3.63, 3.8) is 0 Å². The number of aromatic nitrogens is 2. The van der Waals surface area contributed by atoms with Crippen molar-refractivity contribution >= 4 is 17.6 Å². The van der Waals surface area contributed by atoms with E-state index in [1.165, 1.54) is 0 Å². The summed E-state index contributed by atoms with van der Waals surface area (Å²) in [5.41, 5.74) is 0. The van der Waals surface area contributed by atoms with Crippen molar-refractivity contribution in [1.29, 1.82) is 0 Å². The van der Waals surface area contributed by atoms with E-state index >= 15 is 0 Å². The summed E-state index contributed by atoms with van der Waals surface area (Å²) in [5.74, 6) is 1.57. The van der Waals surface area contributed by atoms with Gasteiger partial charge in [0.05, 0.1) is 0 Å². The maximum atomic E-state index is 10.5. The van der Waals surface area contributed by atoms with Crippen molar-refractivity contribution in [3.05, 3.63) is 11.9 Å². The highest BCUT2D eigenvalue weighted by atomic mass is 16.4. The predicted molar refractivity (Wildman–Crippen MR) is 75.7 cm³/mol. The molecule has 0 atom stereocenters. The number of hydrogen-bond acceptors (Lipinski definition) is 5. The number of rotatable bonds is 8. The number of nitrogens with one attached hydrogen (secondary N) is 1. The molecule has 0 aliphatic carbocycles. The normalized spacial score (nSPS) is 10.3. The molecule has 0 aliphatic rings. The Labute approximate surface area is 113 Å². The molecular formula is C13H22N4O2. The van der Waals surface area contributed by atoms with Gasteiger partial charge in [-0.3, -0.25) is 4.79 Å². The summed E-state index contributed by atoms with van der Waals surface area (Å²) in [6, 6.07) is 1.89. The molecule has 0 aromatic carbocycles. The molecule has 0 spiro atoms. The summed E-state index contributed by atoms with van der Waals surface area (Å²) >= 11 is 0. The molecule has 106 valence electrons. The quantitative estimate of drug-likeness (QED) is 0.748. The van der Waals surface area contributed by atoms with Crippen LogP contribution in [0.3, 0.4) is 0 Å². The highest BCUT2D eigenvalue weighted by Gasteiger charge is 2.07. The third-order valence-corrected chi connectivity index (χ3v) is 2.66. The summed E-state index contributed by atoms with van der Waals surface area (Å²) in [5, 5.41) is 11.9. The number of carboxylic acids is 1. The first-order valence-corrected chi connectivity index (χ1v) is 6.55. The molecule has 6 heteroatoms. The third-order valence-electron chi connectivity index (χ3n) is 2.66. The fraction of sp³-hybridized carbons (Fsp3) is 0.615. The van der Waals surface area contributed by atoms with E-state index in [1.807, 2.05) is 24.9 Å². The van der Waals surface area contributed by atoms with E-state index in [4.69, 9.17) is 5.11 Å². The second-order valence-corrected chi connectivity index (χ2v) is 4.50. The lowest BCUT2D eigenvalue weighted by Gasteiger charge is -2.19. The molecule has 1 aromatic rings. The first-order valence-electron chi connectivity index (χ1n) is 6.55. The minimum atomic E-state index is -0.766. The van der Waals surface area contributed by atoms with E-state index in [9.17, 15) is 4.79 Å². The lowest BCUT2D eigenvalue weighted by atomic mass is 10.3. The van der Waals surface area contributed by atoms with Crippen molar-refractivity contribution in [3.8, 4) is 0 Å². The number of aliphatic carboxylic acids is 1. The molecule has 6 nitrogen and oxygen atoms in total. The monoisotopic (exact) mass is 266 g/mol. The van der Waals surface area contributed by atoms with Crippen molar-refractivity contribution in [1.82, 2.24) is 9.97 Å². The topological polar surface area (TPSA) is 78.4 Å². The largest absolute Gasteiger partial charge is 0.481 e. The van der Waals surface area contributed by atoms with E-state index in [1.54, 1.807) is 0 Å². The summed E-state index contributed by atoms with van der Waals surface area (Å²) in [6.45, 7) is 5.49. The standard InChI is InChI=1S/C13H22N4O2/c1-4-7-14-11-9-12(16-10(2)15-11)17(3)8-5-6-13(18)19/h9H,4-8H2,1-3H3,(H,18,19)(H,14,15,16). The van der Waals surface area contributed by atoms with Crippen LogP contribution in [0.15, 0.2) is 6.07 Å². The van der Waals surface area contributed by atoms with Crippen LogP contribution in [-0.2, 0) is 4.79 Å². The van der Waals surface area contributed by atoms with Crippen molar-refractivity contribution < 1.29 is 9.90 Å². The van der Waals surface area contributed by atoms with Crippen LogP contribution in [0.1, 0.15) is 32.0 Å². The number of carboxylic acid groups (broad SMARTS) is 1. The van der Waals surface area contributed by atoms with E-state index in [0.717, 1.165) is 24.6 Å². The fourth-order valence-electron chi connectivity index (χ4n) is 1.67. The maximum absolute atomic E-state index is 10.5. The van der Waals surface area contributed by atoms with E-state index in [0.29, 0.717) is 18.8 Å². The minimum absolute atomic E-state index is 0.176. The smallest absolute Gasteiger partial charge is 0.303 e. The van der Waals surface area contributed by atoms with Crippen LogP contribution in [-0.4, -0.2) is 41.2 Å². The zero-order valence-corrected chi connectivity index (χ0v) is 11.8. The molecule has 19 heavy (non-hydrogen) atoms. The van der Waals surface area contributed by atoms with Crippen LogP contribution >= 0.6 is 0 Å². The number of anilines is 2. The lowest BCUT2D eigenvalue weighted by Crippen LogP contribution is -2.21. The highest BCUT2D eigenvalue weighted by Crippen LogP contribution is 2.15. The Kier molecular flexibility index (Phi) is 6.05. The van der Waals surface area contributed by atoms with Gasteiger partial charge in [0.1, 0.15) is 17.5 Å². The zero-order chi connectivity index (χ0) is 14.3. The number of aryl methyl sites for hydroxylation is 1. The van der Waals surface area contributed by atoms with Crippen LogP contribution < -0.4 is 10.2 Å². The number of nitrogens with zero attached hydrogens (tertiary/aromatic N) is 3. The van der Waals surface area contributed by atoms with Gasteiger partial charge in [0, 0.05) is 32.6 Å². The molecule has 0 saturated heterocycles. The lowest BCUT2D eigenvalue weighted by molar-refractivity contribution is -0.137. The maximum Gasteiger partial charge on any atom is 0.303 e. The fourth-order valence-corrected chi connectivity index (χ4v) is 1.67. The minimum Gasteiger partial charge on any atom is -0.481 e. The van der Waals surface area contributed by atoms with Gasteiger partial charge in [-0.1, -0.05) is 6.92 Å². The first kappa shape index (κ1) is 15.2. The zero-order valence-electron chi connectivity index (χ0n) is 11.8. The van der Waals surface area contributed by atoms with Gasteiger partial charge in [0.25, 0.3) is 0 Å². The van der Waals surface area contributed by atoms with E-state index < -0.39 is 5.97 Å². The van der Waals surface area contributed by atoms with Crippen LogP contribution in [0.2, 0.25) is 0 Å². The Hall–Kier alpha value is -1.85. The molecule has 0 bridgehead atoms.